The average molecular weight is 578 g/mol. The molecule has 0 saturated heterocycles. The van der Waals surface area contributed by atoms with Gasteiger partial charge in [0.25, 0.3) is 0 Å². The number of fused-ring (bicyclic) bond motifs is 4. The number of nitrogens with zero attached hydrogens (tertiary/aromatic N) is 2. The zero-order chi connectivity index (χ0) is 29.3. The van der Waals surface area contributed by atoms with Crippen molar-refractivity contribution in [2.24, 2.45) is 11.7 Å². The van der Waals surface area contributed by atoms with Gasteiger partial charge < -0.3 is 16.0 Å². The monoisotopic (exact) mass is 577 g/mol. The van der Waals surface area contributed by atoms with Gasteiger partial charge in [0, 0.05) is 42.4 Å². The van der Waals surface area contributed by atoms with Crippen molar-refractivity contribution in [3.05, 3.63) is 88.2 Å². The van der Waals surface area contributed by atoms with Gasteiger partial charge in [-0.25, -0.2) is 8.78 Å². The van der Waals surface area contributed by atoms with E-state index in [1.807, 2.05) is 37.3 Å². The Balaban J connectivity index is 1.53. The van der Waals surface area contributed by atoms with Gasteiger partial charge in [-0.3, -0.25) is 20.0 Å². The molecule has 3 aromatic rings. The molecule has 3 heterocycles. The van der Waals surface area contributed by atoms with Crippen LogP contribution in [-0.4, -0.2) is 34.1 Å². The predicted octanol–water partition coefficient (Wildman–Crippen LogP) is 6.27. The first-order chi connectivity index (χ1) is 19.6. The number of amidine groups is 1. The van der Waals surface area contributed by atoms with Crippen molar-refractivity contribution in [3.8, 4) is 11.1 Å². The first-order valence-electron chi connectivity index (χ1n) is 13.5. The summed E-state index contributed by atoms with van der Waals surface area (Å²) in [6.45, 7) is 2.11. The summed E-state index contributed by atoms with van der Waals surface area (Å²) in [6, 6.07) is 11.2. The normalized spacial score (nSPS) is 19.4. The number of rotatable bonds is 4. The zero-order valence-corrected chi connectivity index (χ0v) is 23.3. The van der Waals surface area contributed by atoms with E-state index in [1.165, 1.54) is 6.08 Å². The number of halogens is 3. The number of nitrogens with one attached hydrogen (secondary N) is 2. The summed E-state index contributed by atoms with van der Waals surface area (Å²) < 4.78 is 29.2. The lowest BCUT2D eigenvalue weighted by Crippen LogP contribution is -2.38. The quantitative estimate of drug-likeness (QED) is 0.193. The van der Waals surface area contributed by atoms with Gasteiger partial charge >= 0.3 is 0 Å². The molecule has 2 amide bonds. The molecule has 2 aliphatic heterocycles. The second kappa shape index (κ2) is 11.8. The standard InChI is InChI=1S/C31H30ClF2N5O2/c1-17-3-2-4-26(39-12-10-20(16-28(39)40)29-23(33)8-7-22(32)30(29)34)25-15-19(9-11-37-25)21-6-5-18(14-27(35)36)13-24(21)38-31(17)41/h5-9,11,13,15-17,26H,2-4,10,12,14H2,1H3,(H3,35,36)(H,38,41)/t17-,26+/m1/s1. The molecule has 0 fully saturated rings. The Morgan fingerprint density at radius 2 is 1.98 bits per heavy atom. The fourth-order valence-corrected chi connectivity index (χ4v) is 5.68. The van der Waals surface area contributed by atoms with Crippen LogP contribution in [0.25, 0.3) is 16.7 Å². The minimum Gasteiger partial charge on any atom is -0.387 e. The molecule has 212 valence electrons. The van der Waals surface area contributed by atoms with Crippen LogP contribution in [0.15, 0.2) is 54.7 Å². The highest BCUT2D eigenvalue weighted by molar-refractivity contribution is 6.31. The van der Waals surface area contributed by atoms with E-state index in [1.54, 1.807) is 11.1 Å². The van der Waals surface area contributed by atoms with Gasteiger partial charge in [0.15, 0.2) is 5.82 Å². The minimum atomic E-state index is -0.878. The first kappa shape index (κ1) is 28.4. The molecule has 2 aromatic carbocycles. The van der Waals surface area contributed by atoms with Gasteiger partial charge in [0.05, 0.1) is 28.2 Å². The number of hydrogen-bond acceptors (Lipinski definition) is 4. The van der Waals surface area contributed by atoms with Crippen LogP contribution < -0.4 is 11.1 Å². The second-order valence-electron chi connectivity index (χ2n) is 10.6. The molecule has 5 rings (SSSR count). The Labute approximate surface area is 241 Å². The minimum absolute atomic E-state index is 0.0242. The van der Waals surface area contributed by atoms with Crippen LogP contribution in [-0.2, 0) is 16.0 Å². The summed E-state index contributed by atoms with van der Waals surface area (Å²) in [5.74, 6) is -2.40. The van der Waals surface area contributed by atoms with Gasteiger partial charge in [-0.05, 0) is 66.3 Å². The Morgan fingerprint density at radius 1 is 1.17 bits per heavy atom. The summed E-state index contributed by atoms with van der Waals surface area (Å²) in [5, 5.41) is 10.5. The Kier molecular flexibility index (Phi) is 8.17. The summed E-state index contributed by atoms with van der Waals surface area (Å²) in [6.07, 6.45) is 5.27. The highest BCUT2D eigenvalue weighted by Gasteiger charge is 2.31. The molecule has 2 bridgehead atoms. The molecule has 2 atom stereocenters. The number of aromatic nitrogens is 1. The van der Waals surface area contributed by atoms with E-state index >= 15 is 0 Å². The van der Waals surface area contributed by atoms with Crippen molar-refractivity contribution in [2.75, 3.05) is 11.9 Å². The lowest BCUT2D eigenvalue weighted by Gasteiger charge is -2.34. The lowest BCUT2D eigenvalue weighted by molar-refractivity contribution is -0.129. The molecular weight excluding hydrogens is 548 g/mol. The van der Waals surface area contributed by atoms with Crippen LogP contribution in [0.2, 0.25) is 5.02 Å². The number of benzene rings is 2. The maximum Gasteiger partial charge on any atom is 0.247 e. The zero-order valence-electron chi connectivity index (χ0n) is 22.5. The highest BCUT2D eigenvalue weighted by atomic mass is 35.5. The van der Waals surface area contributed by atoms with E-state index < -0.39 is 17.7 Å². The molecule has 7 nitrogen and oxygen atoms in total. The van der Waals surface area contributed by atoms with E-state index in [2.05, 4.69) is 10.3 Å². The second-order valence-corrected chi connectivity index (χ2v) is 11.0. The summed E-state index contributed by atoms with van der Waals surface area (Å²) in [5.41, 5.74) is 9.29. The van der Waals surface area contributed by atoms with Crippen LogP contribution in [0.1, 0.15) is 55.5 Å². The molecule has 0 unspecified atom stereocenters. The van der Waals surface area contributed by atoms with Gasteiger partial charge in [-0.1, -0.05) is 37.1 Å². The predicted molar refractivity (Wildman–Crippen MR) is 155 cm³/mol. The number of hydrogen-bond donors (Lipinski definition) is 3. The Morgan fingerprint density at radius 3 is 2.73 bits per heavy atom. The van der Waals surface area contributed by atoms with Gasteiger partial charge in [-0.15, -0.1) is 0 Å². The summed E-state index contributed by atoms with van der Waals surface area (Å²) in [4.78, 5) is 32.9. The van der Waals surface area contributed by atoms with E-state index in [0.717, 1.165) is 28.8 Å². The van der Waals surface area contributed by atoms with E-state index in [9.17, 15) is 18.4 Å². The van der Waals surface area contributed by atoms with Crippen molar-refractivity contribution in [3.63, 3.8) is 0 Å². The van der Waals surface area contributed by atoms with Gasteiger partial charge in [0.1, 0.15) is 5.82 Å². The highest BCUT2D eigenvalue weighted by Crippen LogP contribution is 2.37. The SMILES string of the molecule is C[C@@H]1CCC[C@H](N2CCC(c3c(F)ccc(Cl)c3F)=CC2=O)c2cc(ccn2)-c2ccc(CC(=N)N)cc2NC1=O. The molecule has 10 heteroatoms. The van der Waals surface area contributed by atoms with Crippen molar-refractivity contribution in [1.82, 2.24) is 9.88 Å². The van der Waals surface area contributed by atoms with E-state index in [4.69, 9.17) is 22.7 Å². The summed E-state index contributed by atoms with van der Waals surface area (Å²) >= 11 is 5.89. The molecule has 0 radical (unpaired) electrons. The van der Waals surface area contributed by atoms with Gasteiger partial charge in [0.2, 0.25) is 11.8 Å². The van der Waals surface area contributed by atoms with Crippen molar-refractivity contribution >= 4 is 40.5 Å². The lowest BCUT2D eigenvalue weighted by atomic mass is 9.92. The Hall–Kier alpha value is -4.11. The maximum absolute atomic E-state index is 14.7. The third-order valence-corrected chi connectivity index (χ3v) is 7.97. The number of carbonyl (C=O) groups excluding carboxylic acids is 2. The molecular formula is C31H30ClF2N5O2. The van der Waals surface area contributed by atoms with Crippen LogP contribution in [0.4, 0.5) is 14.5 Å². The van der Waals surface area contributed by atoms with Crippen LogP contribution in [0, 0.1) is 23.0 Å². The molecule has 0 aliphatic carbocycles. The first-order valence-corrected chi connectivity index (χ1v) is 13.9. The van der Waals surface area contributed by atoms with Crippen molar-refractivity contribution in [2.45, 2.75) is 45.1 Å². The number of amides is 2. The maximum atomic E-state index is 14.7. The van der Waals surface area contributed by atoms with Crippen LogP contribution in [0.5, 0.6) is 0 Å². The molecule has 41 heavy (non-hydrogen) atoms. The number of nitrogens with two attached hydrogens (primary N) is 1. The van der Waals surface area contributed by atoms with Crippen molar-refractivity contribution in [1.29, 1.82) is 5.41 Å². The molecule has 0 spiro atoms. The molecule has 1 aromatic heterocycles. The van der Waals surface area contributed by atoms with E-state index in [-0.39, 0.29) is 59.1 Å². The average Bonchev–Trinajstić information content (AvgIpc) is 2.93. The Bertz CT molecular complexity index is 1570. The number of carbonyl (C=O) groups is 2. The van der Waals surface area contributed by atoms with Crippen LogP contribution >= 0.6 is 11.6 Å². The third-order valence-electron chi connectivity index (χ3n) is 7.68. The fourth-order valence-electron chi connectivity index (χ4n) is 5.53. The number of pyridine rings is 1. The number of anilines is 1. The topological polar surface area (TPSA) is 112 Å². The fraction of sp³-hybridized carbons (Fsp3) is 0.290. The molecule has 2 aliphatic rings. The third kappa shape index (κ3) is 6.00. The van der Waals surface area contributed by atoms with Gasteiger partial charge in [-0.2, -0.15) is 0 Å². The molecule has 0 saturated carbocycles. The summed E-state index contributed by atoms with van der Waals surface area (Å²) in [7, 11) is 0. The largest absolute Gasteiger partial charge is 0.387 e. The van der Waals surface area contributed by atoms with E-state index in [0.29, 0.717) is 30.6 Å². The smallest absolute Gasteiger partial charge is 0.247 e. The van der Waals surface area contributed by atoms with Crippen molar-refractivity contribution < 1.29 is 18.4 Å². The van der Waals surface area contributed by atoms with Crippen LogP contribution in [0.3, 0.4) is 0 Å². The molecule has 4 N–H and O–H groups in total.